The number of aliphatic hydroxyl groups excluding tert-OH is 1. The fourth-order valence-electron chi connectivity index (χ4n) is 3.43. The van der Waals surface area contributed by atoms with Crippen LogP contribution in [0.3, 0.4) is 0 Å². The van der Waals surface area contributed by atoms with Crippen molar-refractivity contribution in [3.63, 3.8) is 0 Å². The number of fused-ring (bicyclic) bond motifs is 1. The molecule has 1 aliphatic carbocycles. The van der Waals surface area contributed by atoms with Gasteiger partial charge in [-0.25, -0.2) is 0 Å². The van der Waals surface area contributed by atoms with Crippen molar-refractivity contribution in [1.82, 2.24) is 5.32 Å². The van der Waals surface area contributed by atoms with Crippen LogP contribution in [-0.2, 0) is 14.3 Å². The van der Waals surface area contributed by atoms with E-state index in [1.807, 2.05) is 45.0 Å². The molecule has 0 aromatic heterocycles. The van der Waals surface area contributed by atoms with Crippen LogP contribution in [0.4, 0.5) is 5.69 Å². The van der Waals surface area contributed by atoms with E-state index >= 15 is 0 Å². The van der Waals surface area contributed by atoms with Crippen molar-refractivity contribution in [1.29, 1.82) is 0 Å². The molecule has 7 nitrogen and oxygen atoms in total. The van der Waals surface area contributed by atoms with Crippen molar-refractivity contribution in [3.8, 4) is 0 Å². The monoisotopic (exact) mass is 445 g/mol. The van der Waals surface area contributed by atoms with E-state index in [9.17, 15) is 14.7 Å². The summed E-state index contributed by atoms with van der Waals surface area (Å²) in [4.78, 5) is 24.9. The quantitative estimate of drug-likeness (QED) is 0.458. The van der Waals surface area contributed by atoms with Gasteiger partial charge in [0.2, 0.25) is 11.8 Å². The second-order valence-corrected chi connectivity index (χ2v) is 10.1. The fourth-order valence-corrected chi connectivity index (χ4v) is 4.50. The molecule has 0 radical (unpaired) electrons. The second-order valence-electron chi connectivity index (χ2n) is 8.81. The number of hydrogen-bond donors (Lipinski definition) is 4. The summed E-state index contributed by atoms with van der Waals surface area (Å²) in [7, 11) is 0. The molecule has 1 aliphatic heterocycles. The van der Waals surface area contributed by atoms with Gasteiger partial charge in [-0.2, -0.15) is 0 Å². The van der Waals surface area contributed by atoms with Gasteiger partial charge in [0.1, 0.15) is 0 Å². The van der Waals surface area contributed by atoms with E-state index < -0.39 is 17.9 Å². The summed E-state index contributed by atoms with van der Waals surface area (Å²) >= 11 is 1.73. The third kappa shape index (κ3) is 7.21. The lowest BCUT2D eigenvalue weighted by Gasteiger charge is -2.24. The number of carbonyl (C=O) groups is 2. The third-order valence-corrected chi connectivity index (χ3v) is 6.05. The van der Waals surface area contributed by atoms with E-state index in [0.29, 0.717) is 18.5 Å². The first-order valence-electron chi connectivity index (χ1n) is 10.5. The molecule has 3 unspecified atom stereocenters. The van der Waals surface area contributed by atoms with Gasteiger partial charge in [-0.15, -0.1) is 11.8 Å². The number of ether oxygens (including phenoxy) is 1. The molecule has 8 heteroatoms. The molecule has 0 spiro atoms. The minimum atomic E-state index is -0.950. The summed E-state index contributed by atoms with van der Waals surface area (Å²) in [5.41, 5.74) is 8.20. The van der Waals surface area contributed by atoms with Gasteiger partial charge in [0, 0.05) is 28.0 Å². The Morgan fingerprint density at radius 1 is 1.32 bits per heavy atom. The summed E-state index contributed by atoms with van der Waals surface area (Å²) in [6.07, 6.45) is 5.21. The highest BCUT2D eigenvalue weighted by Crippen LogP contribution is 2.34. The molecule has 1 heterocycles. The number of allylic oxidation sites excluding steroid dienone is 2. The molecular weight excluding hydrogens is 414 g/mol. The number of amides is 2. The number of aliphatic hydroxyl groups is 1. The van der Waals surface area contributed by atoms with E-state index in [0.717, 1.165) is 22.6 Å². The van der Waals surface area contributed by atoms with Crippen LogP contribution in [0.25, 0.3) is 0 Å². The van der Waals surface area contributed by atoms with Gasteiger partial charge in [0.25, 0.3) is 0 Å². The molecule has 3 atom stereocenters. The molecule has 5 N–H and O–H groups in total. The van der Waals surface area contributed by atoms with Crippen LogP contribution in [0, 0.1) is 0 Å². The fraction of sp³-hybridized carbons (Fsp3) is 0.478. The van der Waals surface area contributed by atoms with Gasteiger partial charge in [0.05, 0.1) is 18.1 Å². The van der Waals surface area contributed by atoms with Crippen LogP contribution >= 0.6 is 11.8 Å². The number of hydrogen-bond acceptors (Lipinski definition) is 6. The Morgan fingerprint density at radius 2 is 2.03 bits per heavy atom. The van der Waals surface area contributed by atoms with Crippen LogP contribution in [0.1, 0.15) is 46.5 Å². The lowest BCUT2D eigenvalue weighted by atomic mass is 10.0. The standard InChI is InChI=1S/C23H31N3O4S/c1-23(2,3)30-21(28)11-9-18(24)22(29)25-15-4-6-16(7-5-15)31-17-8-10-19-14(12-17)13-20(27)26-19/h4-7,10,12,17-18,21,28H,8-9,11,13,24H2,1-3H3,(H,25,29)(H,26,27). The lowest BCUT2D eigenvalue weighted by Crippen LogP contribution is -2.37. The van der Waals surface area contributed by atoms with E-state index in [4.69, 9.17) is 10.5 Å². The Kier molecular flexibility index (Phi) is 7.59. The van der Waals surface area contributed by atoms with Crippen molar-refractivity contribution in [3.05, 3.63) is 47.7 Å². The first-order chi connectivity index (χ1) is 14.6. The summed E-state index contributed by atoms with van der Waals surface area (Å²) in [5.74, 6) is -0.242. The van der Waals surface area contributed by atoms with Crippen molar-refractivity contribution in [2.24, 2.45) is 5.73 Å². The molecule has 1 aromatic rings. The van der Waals surface area contributed by atoms with Gasteiger partial charge in [-0.1, -0.05) is 12.2 Å². The predicted octanol–water partition coefficient (Wildman–Crippen LogP) is 3.06. The highest BCUT2D eigenvalue weighted by atomic mass is 32.2. The van der Waals surface area contributed by atoms with Crippen molar-refractivity contribution in [2.75, 3.05) is 5.32 Å². The maximum atomic E-state index is 12.3. The van der Waals surface area contributed by atoms with Crippen LogP contribution in [0.15, 0.2) is 52.6 Å². The Bertz CT molecular complexity index is 874. The average molecular weight is 446 g/mol. The summed E-state index contributed by atoms with van der Waals surface area (Å²) in [5, 5.41) is 15.9. The normalized spacial score (nSPS) is 20.3. The smallest absolute Gasteiger partial charge is 0.241 e. The summed E-state index contributed by atoms with van der Waals surface area (Å²) in [6, 6.07) is 6.89. The minimum Gasteiger partial charge on any atom is -0.368 e. The highest BCUT2D eigenvalue weighted by Gasteiger charge is 2.25. The summed E-state index contributed by atoms with van der Waals surface area (Å²) in [6.45, 7) is 5.57. The average Bonchev–Trinajstić information content (AvgIpc) is 3.05. The summed E-state index contributed by atoms with van der Waals surface area (Å²) < 4.78 is 5.43. The molecule has 2 aliphatic rings. The highest BCUT2D eigenvalue weighted by molar-refractivity contribution is 8.00. The number of rotatable bonds is 8. The predicted molar refractivity (Wildman–Crippen MR) is 122 cm³/mol. The molecular formula is C23H31N3O4S. The number of carbonyl (C=O) groups excluding carboxylic acids is 2. The zero-order chi connectivity index (χ0) is 22.6. The maximum Gasteiger partial charge on any atom is 0.241 e. The van der Waals surface area contributed by atoms with Gasteiger partial charge in [-0.05, 0) is 63.5 Å². The number of benzene rings is 1. The Hall–Kier alpha value is -2.13. The van der Waals surface area contributed by atoms with E-state index in [2.05, 4.69) is 22.8 Å². The van der Waals surface area contributed by atoms with Crippen LogP contribution < -0.4 is 16.4 Å². The van der Waals surface area contributed by atoms with Crippen molar-refractivity contribution in [2.45, 2.75) is 74.5 Å². The molecule has 2 amide bonds. The van der Waals surface area contributed by atoms with Gasteiger partial charge in [0.15, 0.2) is 6.29 Å². The number of thioether (sulfide) groups is 1. The molecule has 3 rings (SSSR count). The maximum absolute atomic E-state index is 12.3. The Labute approximate surface area is 187 Å². The minimum absolute atomic E-state index is 0.0534. The SMILES string of the molecule is CC(C)(C)OC(O)CCC(N)C(=O)Nc1ccc(SC2C=C3CC(=O)NC3=CC2)cc1. The van der Waals surface area contributed by atoms with E-state index in [-0.39, 0.29) is 23.5 Å². The second kappa shape index (κ2) is 9.99. The van der Waals surface area contributed by atoms with E-state index in [1.54, 1.807) is 11.8 Å². The molecule has 168 valence electrons. The van der Waals surface area contributed by atoms with Crippen molar-refractivity contribution >= 4 is 29.3 Å². The van der Waals surface area contributed by atoms with Crippen LogP contribution in [0.5, 0.6) is 0 Å². The topological polar surface area (TPSA) is 114 Å². The van der Waals surface area contributed by atoms with Crippen LogP contribution in [-0.4, -0.2) is 40.1 Å². The zero-order valence-corrected chi connectivity index (χ0v) is 19.0. The molecule has 1 aromatic carbocycles. The Morgan fingerprint density at radius 3 is 2.71 bits per heavy atom. The number of anilines is 1. The molecule has 0 bridgehead atoms. The first-order valence-corrected chi connectivity index (χ1v) is 11.4. The van der Waals surface area contributed by atoms with Gasteiger partial charge < -0.3 is 26.2 Å². The van der Waals surface area contributed by atoms with Gasteiger partial charge in [-0.3, -0.25) is 9.59 Å². The molecule has 1 fully saturated rings. The molecule has 31 heavy (non-hydrogen) atoms. The lowest BCUT2D eigenvalue weighted by molar-refractivity contribution is -0.169. The molecule has 0 saturated carbocycles. The molecule has 1 saturated heterocycles. The van der Waals surface area contributed by atoms with Gasteiger partial charge >= 0.3 is 0 Å². The Balaban J connectivity index is 1.46. The van der Waals surface area contributed by atoms with Crippen LogP contribution in [0.2, 0.25) is 0 Å². The number of nitrogens with one attached hydrogen (secondary N) is 2. The van der Waals surface area contributed by atoms with E-state index in [1.165, 1.54) is 0 Å². The zero-order valence-electron chi connectivity index (χ0n) is 18.2. The number of nitrogens with two attached hydrogens (primary N) is 1. The largest absolute Gasteiger partial charge is 0.368 e. The third-order valence-electron chi connectivity index (χ3n) is 4.87. The first kappa shape index (κ1) is 23.5. The van der Waals surface area contributed by atoms with Crippen molar-refractivity contribution < 1.29 is 19.4 Å².